The van der Waals surface area contributed by atoms with Gasteiger partial charge in [-0.15, -0.1) is 0 Å². The number of nitrogens with one attached hydrogen (secondary N) is 2. The fourth-order valence-corrected chi connectivity index (χ4v) is 2.27. The fourth-order valence-electron chi connectivity index (χ4n) is 2.27. The lowest BCUT2D eigenvalue weighted by Gasteiger charge is -2.27. The van der Waals surface area contributed by atoms with E-state index in [0.29, 0.717) is 25.7 Å². The van der Waals surface area contributed by atoms with Gasteiger partial charge in [-0.05, 0) is 53.9 Å². The van der Waals surface area contributed by atoms with E-state index in [9.17, 15) is 4.79 Å². The third-order valence-corrected chi connectivity index (χ3v) is 3.53. The first-order chi connectivity index (χ1) is 11.9. The van der Waals surface area contributed by atoms with Gasteiger partial charge in [0.1, 0.15) is 5.60 Å². The zero-order valence-corrected chi connectivity index (χ0v) is 16.6. The van der Waals surface area contributed by atoms with Crippen LogP contribution in [-0.2, 0) is 9.47 Å². The van der Waals surface area contributed by atoms with Gasteiger partial charge in [0.25, 0.3) is 0 Å². The Labute approximate surface area is 152 Å². The van der Waals surface area contributed by atoms with Crippen LogP contribution in [0.4, 0.5) is 4.79 Å². The second-order valence-electron chi connectivity index (χ2n) is 7.14. The molecule has 1 saturated carbocycles. The van der Waals surface area contributed by atoms with E-state index in [-0.39, 0.29) is 6.09 Å². The van der Waals surface area contributed by atoms with Crippen LogP contribution in [0.5, 0.6) is 0 Å². The fraction of sp³-hybridized carbons (Fsp3) is 0.889. The first-order valence-electron chi connectivity index (χ1n) is 9.47. The lowest BCUT2D eigenvalue weighted by molar-refractivity contribution is 0.0238. The molecule has 1 rings (SSSR count). The van der Waals surface area contributed by atoms with Crippen molar-refractivity contribution < 1.29 is 14.3 Å². The summed E-state index contributed by atoms with van der Waals surface area (Å²) in [5.41, 5.74) is -0.464. The van der Waals surface area contributed by atoms with Crippen LogP contribution in [0.15, 0.2) is 4.99 Å². The first-order valence-corrected chi connectivity index (χ1v) is 9.47. The van der Waals surface area contributed by atoms with Gasteiger partial charge in [-0.3, -0.25) is 4.99 Å². The number of ether oxygens (including phenoxy) is 2. The van der Waals surface area contributed by atoms with Gasteiger partial charge in [0.05, 0.1) is 0 Å². The van der Waals surface area contributed by atoms with E-state index < -0.39 is 5.60 Å². The third kappa shape index (κ3) is 10.2. The molecule has 1 fully saturated rings. The summed E-state index contributed by atoms with van der Waals surface area (Å²) in [5.74, 6) is 0.777. The minimum atomic E-state index is -0.464. The second kappa shape index (κ2) is 11.2. The number of hydrogen-bond acceptors (Lipinski definition) is 4. The number of hydrogen-bond donors (Lipinski definition) is 2. The average molecular weight is 357 g/mol. The predicted molar refractivity (Wildman–Crippen MR) is 101 cm³/mol. The van der Waals surface area contributed by atoms with Crippen LogP contribution in [0.25, 0.3) is 0 Å². The van der Waals surface area contributed by atoms with Crippen molar-refractivity contribution in [3.05, 3.63) is 0 Å². The molecular formula is C18H36N4O3. The van der Waals surface area contributed by atoms with Gasteiger partial charge in [0, 0.05) is 45.4 Å². The van der Waals surface area contributed by atoms with Gasteiger partial charge in [-0.2, -0.15) is 0 Å². The van der Waals surface area contributed by atoms with Crippen molar-refractivity contribution in [2.45, 2.75) is 65.5 Å². The van der Waals surface area contributed by atoms with E-state index in [2.05, 4.69) is 15.6 Å². The van der Waals surface area contributed by atoms with E-state index in [1.54, 1.807) is 0 Å². The molecule has 0 aliphatic heterocycles. The third-order valence-electron chi connectivity index (χ3n) is 3.53. The SMILES string of the molecule is CCNC(=NCCCOCC)NCCN(C(=O)OC(C)(C)C)C1CC1. The molecule has 0 aromatic heterocycles. The van der Waals surface area contributed by atoms with Gasteiger partial charge in [-0.1, -0.05) is 0 Å². The Morgan fingerprint density at radius 1 is 1.24 bits per heavy atom. The monoisotopic (exact) mass is 356 g/mol. The highest BCUT2D eigenvalue weighted by Crippen LogP contribution is 2.27. The summed E-state index contributed by atoms with van der Waals surface area (Å²) in [4.78, 5) is 18.7. The number of aliphatic imine (C=N–C) groups is 1. The van der Waals surface area contributed by atoms with E-state index in [0.717, 1.165) is 45.0 Å². The minimum absolute atomic E-state index is 0.226. The van der Waals surface area contributed by atoms with E-state index >= 15 is 0 Å². The molecule has 146 valence electrons. The van der Waals surface area contributed by atoms with Crippen molar-refractivity contribution in [1.82, 2.24) is 15.5 Å². The lowest BCUT2D eigenvalue weighted by atomic mass is 10.2. The predicted octanol–water partition coefficient (Wildman–Crippen LogP) is 2.37. The molecule has 7 heteroatoms. The van der Waals surface area contributed by atoms with Crippen LogP contribution >= 0.6 is 0 Å². The summed E-state index contributed by atoms with van der Waals surface area (Å²) in [6.07, 6.45) is 2.79. The number of rotatable bonds is 10. The molecule has 0 atom stereocenters. The van der Waals surface area contributed by atoms with E-state index in [4.69, 9.17) is 9.47 Å². The highest BCUT2D eigenvalue weighted by molar-refractivity contribution is 5.79. The molecule has 0 saturated heterocycles. The molecule has 1 aliphatic carbocycles. The number of guanidine groups is 1. The summed E-state index contributed by atoms with van der Waals surface area (Å²) < 4.78 is 10.8. The van der Waals surface area contributed by atoms with Crippen molar-refractivity contribution in [1.29, 1.82) is 0 Å². The Morgan fingerprint density at radius 2 is 1.96 bits per heavy atom. The maximum Gasteiger partial charge on any atom is 0.410 e. The average Bonchev–Trinajstić information content (AvgIpc) is 3.34. The summed E-state index contributed by atoms with van der Waals surface area (Å²) >= 11 is 0. The number of nitrogens with zero attached hydrogens (tertiary/aromatic N) is 2. The molecule has 25 heavy (non-hydrogen) atoms. The van der Waals surface area contributed by atoms with E-state index in [1.807, 2.05) is 39.5 Å². The zero-order valence-electron chi connectivity index (χ0n) is 16.6. The van der Waals surface area contributed by atoms with Gasteiger partial charge in [0.15, 0.2) is 5.96 Å². The summed E-state index contributed by atoms with van der Waals surface area (Å²) in [5, 5.41) is 6.51. The first kappa shape index (κ1) is 21.5. The molecule has 0 unspecified atom stereocenters. The number of amides is 1. The minimum Gasteiger partial charge on any atom is -0.444 e. The van der Waals surface area contributed by atoms with Crippen molar-refractivity contribution in [3.63, 3.8) is 0 Å². The molecule has 0 heterocycles. The maximum absolute atomic E-state index is 12.3. The molecule has 1 amide bonds. The second-order valence-corrected chi connectivity index (χ2v) is 7.14. The van der Waals surface area contributed by atoms with Crippen LogP contribution in [0, 0.1) is 0 Å². The molecule has 0 radical (unpaired) electrons. The standard InChI is InChI=1S/C18H36N4O3/c1-6-19-16(20-11-8-14-24-7-2)21-12-13-22(15-9-10-15)17(23)25-18(3,4)5/h15H,6-14H2,1-5H3,(H2,19,20,21). The molecule has 0 aromatic carbocycles. The molecule has 1 aliphatic rings. The van der Waals surface area contributed by atoms with Crippen molar-refractivity contribution in [2.24, 2.45) is 4.99 Å². The smallest absolute Gasteiger partial charge is 0.410 e. The topological polar surface area (TPSA) is 75.2 Å². The molecule has 0 aromatic rings. The van der Waals surface area contributed by atoms with Crippen LogP contribution < -0.4 is 10.6 Å². The highest BCUT2D eigenvalue weighted by atomic mass is 16.6. The van der Waals surface area contributed by atoms with Crippen LogP contribution in [-0.4, -0.2) is 68.0 Å². The Kier molecular flexibility index (Phi) is 9.63. The van der Waals surface area contributed by atoms with E-state index in [1.165, 1.54) is 0 Å². The maximum atomic E-state index is 12.3. The van der Waals surface area contributed by atoms with Crippen molar-refractivity contribution >= 4 is 12.1 Å². The largest absolute Gasteiger partial charge is 0.444 e. The normalized spacial score (nSPS) is 15.0. The summed E-state index contributed by atoms with van der Waals surface area (Å²) in [6.45, 7) is 14.0. The van der Waals surface area contributed by atoms with Crippen molar-refractivity contribution in [2.75, 3.05) is 39.4 Å². The molecular weight excluding hydrogens is 320 g/mol. The van der Waals surface area contributed by atoms with Crippen LogP contribution in [0.3, 0.4) is 0 Å². The van der Waals surface area contributed by atoms with Gasteiger partial charge < -0.3 is 25.0 Å². The van der Waals surface area contributed by atoms with Crippen molar-refractivity contribution in [3.8, 4) is 0 Å². The van der Waals surface area contributed by atoms with Crippen LogP contribution in [0.2, 0.25) is 0 Å². The van der Waals surface area contributed by atoms with Gasteiger partial charge >= 0.3 is 6.09 Å². The molecule has 7 nitrogen and oxygen atoms in total. The summed E-state index contributed by atoms with van der Waals surface area (Å²) in [7, 11) is 0. The van der Waals surface area contributed by atoms with Gasteiger partial charge in [0.2, 0.25) is 0 Å². The Hall–Kier alpha value is -1.50. The zero-order chi connectivity index (χ0) is 18.7. The van der Waals surface area contributed by atoms with Crippen LogP contribution in [0.1, 0.15) is 53.9 Å². The number of carbonyl (C=O) groups is 1. The highest BCUT2D eigenvalue weighted by Gasteiger charge is 2.34. The summed E-state index contributed by atoms with van der Waals surface area (Å²) in [6, 6.07) is 0.322. The quantitative estimate of drug-likeness (QED) is 0.357. The Morgan fingerprint density at radius 3 is 2.52 bits per heavy atom. The molecule has 0 bridgehead atoms. The Balaban J connectivity index is 2.40. The number of carbonyl (C=O) groups excluding carboxylic acids is 1. The van der Waals surface area contributed by atoms with Gasteiger partial charge in [-0.25, -0.2) is 4.79 Å². The molecule has 0 spiro atoms. The lowest BCUT2D eigenvalue weighted by Crippen LogP contribution is -2.45. The molecule has 2 N–H and O–H groups in total. The Bertz CT molecular complexity index is 417.